The molecule has 0 spiro atoms. The molecule has 0 aliphatic carbocycles. The summed E-state index contributed by atoms with van der Waals surface area (Å²) in [7, 11) is 0. The molecule has 0 aliphatic rings. The lowest BCUT2D eigenvalue weighted by Gasteiger charge is -2.14. The first-order chi connectivity index (χ1) is 12.5. The molecule has 3 heteroatoms. The molecular formula is C23H29N3. The van der Waals surface area contributed by atoms with Crippen LogP contribution in [0.3, 0.4) is 0 Å². The number of rotatable bonds is 6. The molecule has 3 nitrogen and oxygen atoms in total. The Balaban J connectivity index is 2.16. The van der Waals surface area contributed by atoms with Gasteiger partial charge < -0.3 is 4.57 Å². The standard InChI is InChI=1S/C23H29N3/c1-7-9-12-26-14-17(6)23-21(26)13-16(5)22(25-23)18-10-11-20(15(3)4)24-19(18)8-2/h7,10-11,13-15H,1,8-9,12H2,2-6H3. The summed E-state index contributed by atoms with van der Waals surface area (Å²) in [5.74, 6) is 0.437. The van der Waals surface area contributed by atoms with Crippen molar-refractivity contribution in [2.75, 3.05) is 0 Å². The lowest BCUT2D eigenvalue weighted by atomic mass is 10.0. The van der Waals surface area contributed by atoms with Gasteiger partial charge in [-0.25, -0.2) is 4.98 Å². The number of aromatic nitrogens is 3. The summed E-state index contributed by atoms with van der Waals surface area (Å²) in [6.07, 6.45) is 6.04. The second kappa shape index (κ2) is 7.45. The topological polar surface area (TPSA) is 30.7 Å². The maximum Gasteiger partial charge on any atom is 0.0917 e. The van der Waals surface area contributed by atoms with Crippen LogP contribution in [0, 0.1) is 13.8 Å². The van der Waals surface area contributed by atoms with Gasteiger partial charge in [0.2, 0.25) is 0 Å². The van der Waals surface area contributed by atoms with Crippen molar-refractivity contribution in [3.8, 4) is 11.3 Å². The van der Waals surface area contributed by atoms with E-state index in [1.54, 1.807) is 0 Å². The van der Waals surface area contributed by atoms with Crippen LogP contribution in [-0.4, -0.2) is 14.5 Å². The van der Waals surface area contributed by atoms with Gasteiger partial charge in [0.25, 0.3) is 0 Å². The minimum absolute atomic E-state index is 0.437. The molecule has 3 rings (SSSR count). The number of allylic oxidation sites excluding steroid dienone is 1. The average Bonchev–Trinajstić information content (AvgIpc) is 2.93. The third-order valence-corrected chi connectivity index (χ3v) is 4.98. The summed E-state index contributed by atoms with van der Waals surface area (Å²) in [5.41, 5.74) is 9.21. The van der Waals surface area contributed by atoms with E-state index in [0.717, 1.165) is 47.5 Å². The van der Waals surface area contributed by atoms with Gasteiger partial charge >= 0.3 is 0 Å². The van der Waals surface area contributed by atoms with E-state index < -0.39 is 0 Å². The van der Waals surface area contributed by atoms with Crippen LogP contribution in [0.1, 0.15) is 55.6 Å². The smallest absolute Gasteiger partial charge is 0.0917 e. The van der Waals surface area contributed by atoms with E-state index in [-0.39, 0.29) is 0 Å². The van der Waals surface area contributed by atoms with Crippen molar-refractivity contribution in [3.63, 3.8) is 0 Å². The zero-order valence-corrected chi connectivity index (χ0v) is 16.6. The molecule has 0 atom stereocenters. The van der Waals surface area contributed by atoms with E-state index in [2.05, 4.69) is 70.2 Å². The molecule has 0 saturated heterocycles. The number of nitrogens with zero attached hydrogens (tertiary/aromatic N) is 3. The van der Waals surface area contributed by atoms with Gasteiger partial charge in [-0.2, -0.15) is 0 Å². The molecule has 3 heterocycles. The van der Waals surface area contributed by atoms with Gasteiger partial charge in [0.1, 0.15) is 0 Å². The quantitative estimate of drug-likeness (QED) is 0.514. The van der Waals surface area contributed by atoms with Crippen molar-refractivity contribution in [2.24, 2.45) is 0 Å². The first kappa shape index (κ1) is 18.4. The van der Waals surface area contributed by atoms with Crippen molar-refractivity contribution in [3.05, 3.63) is 59.6 Å². The fourth-order valence-electron chi connectivity index (χ4n) is 3.49. The average molecular weight is 348 g/mol. The molecule has 136 valence electrons. The number of pyridine rings is 2. The summed E-state index contributed by atoms with van der Waals surface area (Å²) in [4.78, 5) is 9.97. The van der Waals surface area contributed by atoms with E-state index in [1.165, 1.54) is 16.6 Å². The molecule has 26 heavy (non-hydrogen) atoms. The fraction of sp³-hybridized carbons (Fsp3) is 0.391. The highest BCUT2D eigenvalue weighted by Crippen LogP contribution is 2.30. The van der Waals surface area contributed by atoms with Gasteiger partial charge in [-0.3, -0.25) is 4.98 Å². The van der Waals surface area contributed by atoms with Crippen molar-refractivity contribution in [2.45, 2.75) is 59.9 Å². The van der Waals surface area contributed by atoms with E-state index in [0.29, 0.717) is 5.92 Å². The molecule has 0 unspecified atom stereocenters. The van der Waals surface area contributed by atoms with Crippen LogP contribution in [0.15, 0.2) is 37.1 Å². The fourth-order valence-corrected chi connectivity index (χ4v) is 3.49. The Morgan fingerprint density at radius 3 is 2.58 bits per heavy atom. The molecule has 0 radical (unpaired) electrons. The van der Waals surface area contributed by atoms with Crippen LogP contribution >= 0.6 is 0 Å². The maximum absolute atomic E-state index is 5.07. The number of hydrogen-bond donors (Lipinski definition) is 0. The number of fused-ring (bicyclic) bond motifs is 1. The predicted molar refractivity (Wildman–Crippen MR) is 111 cm³/mol. The Kier molecular flexibility index (Phi) is 5.26. The molecule has 0 fully saturated rings. The highest BCUT2D eigenvalue weighted by molar-refractivity contribution is 5.84. The Bertz CT molecular complexity index is 948. The summed E-state index contributed by atoms with van der Waals surface area (Å²) in [6, 6.07) is 6.61. The molecule has 0 saturated carbocycles. The lowest BCUT2D eigenvalue weighted by Crippen LogP contribution is -2.02. The Morgan fingerprint density at radius 1 is 1.15 bits per heavy atom. The third kappa shape index (κ3) is 3.31. The molecule has 3 aromatic rings. The number of hydrogen-bond acceptors (Lipinski definition) is 2. The minimum atomic E-state index is 0.437. The minimum Gasteiger partial charge on any atom is -0.346 e. The van der Waals surface area contributed by atoms with Gasteiger partial charge in [0.05, 0.1) is 16.7 Å². The predicted octanol–water partition coefficient (Wildman–Crippen LogP) is 5.98. The highest BCUT2D eigenvalue weighted by Gasteiger charge is 2.15. The summed E-state index contributed by atoms with van der Waals surface area (Å²) >= 11 is 0. The largest absolute Gasteiger partial charge is 0.346 e. The zero-order chi connectivity index (χ0) is 18.8. The van der Waals surface area contributed by atoms with Gasteiger partial charge in [-0.15, -0.1) is 6.58 Å². The number of aryl methyl sites for hydroxylation is 4. The van der Waals surface area contributed by atoms with E-state index in [4.69, 9.17) is 9.97 Å². The second-order valence-electron chi connectivity index (χ2n) is 7.34. The van der Waals surface area contributed by atoms with Crippen molar-refractivity contribution in [1.82, 2.24) is 14.5 Å². The molecule has 0 aliphatic heterocycles. The third-order valence-electron chi connectivity index (χ3n) is 4.98. The summed E-state index contributed by atoms with van der Waals surface area (Å²) < 4.78 is 2.29. The first-order valence-corrected chi connectivity index (χ1v) is 9.54. The maximum atomic E-state index is 5.07. The van der Waals surface area contributed by atoms with E-state index in [1.807, 2.05) is 6.08 Å². The van der Waals surface area contributed by atoms with Crippen molar-refractivity contribution in [1.29, 1.82) is 0 Å². The van der Waals surface area contributed by atoms with Gasteiger partial charge in [0.15, 0.2) is 0 Å². The molecule has 0 N–H and O–H groups in total. The van der Waals surface area contributed by atoms with Crippen LogP contribution in [0.25, 0.3) is 22.3 Å². The second-order valence-corrected chi connectivity index (χ2v) is 7.34. The van der Waals surface area contributed by atoms with Crippen LogP contribution in [0.2, 0.25) is 0 Å². The zero-order valence-electron chi connectivity index (χ0n) is 16.6. The molecule has 0 bridgehead atoms. The van der Waals surface area contributed by atoms with Crippen LogP contribution < -0.4 is 0 Å². The van der Waals surface area contributed by atoms with Crippen LogP contribution in [0.5, 0.6) is 0 Å². The molecule has 0 aromatic carbocycles. The lowest BCUT2D eigenvalue weighted by molar-refractivity contribution is 0.737. The van der Waals surface area contributed by atoms with Crippen molar-refractivity contribution >= 4 is 11.0 Å². The summed E-state index contributed by atoms with van der Waals surface area (Å²) in [5, 5.41) is 0. The Morgan fingerprint density at radius 2 is 1.92 bits per heavy atom. The van der Waals surface area contributed by atoms with Gasteiger partial charge in [-0.05, 0) is 61.9 Å². The Labute approximate surface area is 156 Å². The van der Waals surface area contributed by atoms with E-state index >= 15 is 0 Å². The molecule has 0 amide bonds. The first-order valence-electron chi connectivity index (χ1n) is 9.54. The van der Waals surface area contributed by atoms with E-state index in [9.17, 15) is 0 Å². The normalized spacial score (nSPS) is 11.5. The highest BCUT2D eigenvalue weighted by atomic mass is 15.0. The van der Waals surface area contributed by atoms with Crippen LogP contribution in [-0.2, 0) is 13.0 Å². The summed E-state index contributed by atoms with van der Waals surface area (Å²) in [6.45, 7) is 15.6. The van der Waals surface area contributed by atoms with Crippen molar-refractivity contribution < 1.29 is 0 Å². The van der Waals surface area contributed by atoms with Gasteiger partial charge in [-0.1, -0.05) is 26.8 Å². The monoisotopic (exact) mass is 347 g/mol. The Hall–Kier alpha value is -2.42. The SMILES string of the molecule is C=CCCn1cc(C)c2nc(-c3ccc(C(C)C)nc3CC)c(C)cc21. The molecule has 3 aromatic heterocycles. The molecular weight excluding hydrogens is 318 g/mol. The van der Waals surface area contributed by atoms with Gasteiger partial charge in [0, 0.05) is 29.7 Å². The van der Waals surface area contributed by atoms with Crippen LogP contribution in [0.4, 0.5) is 0 Å².